The number of aliphatic hydroxyl groups is 1. The van der Waals surface area contributed by atoms with Gasteiger partial charge in [-0.05, 0) is 29.8 Å². The van der Waals surface area contributed by atoms with Gasteiger partial charge in [-0.15, -0.1) is 0 Å². The summed E-state index contributed by atoms with van der Waals surface area (Å²) in [6.45, 7) is 0. The molecule has 3 rings (SSSR count). The molecule has 0 saturated heterocycles. The van der Waals surface area contributed by atoms with Gasteiger partial charge in [-0.3, -0.25) is 4.90 Å². The van der Waals surface area contributed by atoms with Gasteiger partial charge in [0.2, 0.25) is 5.88 Å². The van der Waals surface area contributed by atoms with Crippen LogP contribution in [0.2, 0.25) is 0 Å². The number of ether oxygens (including phenoxy) is 1. The topological polar surface area (TPSA) is 32.7 Å². The first kappa shape index (κ1) is 12.5. The number of anilines is 1. The summed E-state index contributed by atoms with van der Waals surface area (Å²) in [5, 5.41) is 9.79. The number of rotatable bonds is 3. The van der Waals surface area contributed by atoms with E-state index in [1.807, 2.05) is 30.3 Å². The Hall–Kier alpha value is -2.49. The van der Waals surface area contributed by atoms with Gasteiger partial charge in [0.25, 0.3) is 0 Å². The third kappa shape index (κ3) is 1.90. The van der Waals surface area contributed by atoms with Gasteiger partial charge in [-0.25, -0.2) is 4.39 Å². The number of benzene rings is 2. The largest absolute Gasteiger partial charge is 0.497 e. The van der Waals surface area contributed by atoms with Crippen LogP contribution in [0.15, 0.2) is 66.3 Å². The number of halogens is 1. The Bertz CT molecular complexity index is 637. The van der Waals surface area contributed by atoms with Gasteiger partial charge in [-0.1, -0.05) is 30.3 Å². The second-order valence-corrected chi connectivity index (χ2v) is 4.55. The van der Waals surface area contributed by atoms with Crippen LogP contribution in [-0.4, -0.2) is 12.2 Å². The van der Waals surface area contributed by atoms with E-state index in [9.17, 15) is 9.50 Å². The molecule has 1 heterocycles. The zero-order valence-electron chi connectivity index (χ0n) is 11.0. The molecule has 2 aromatic carbocycles. The summed E-state index contributed by atoms with van der Waals surface area (Å²) < 4.78 is 19.0. The van der Waals surface area contributed by atoms with Crippen molar-refractivity contribution in [2.45, 2.75) is 6.04 Å². The molecule has 0 radical (unpaired) electrons. The van der Waals surface area contributed by atoms with Crippen LogP contribution in [-0.2, 0) is 0 Å². The smallest absolute Gasteiger partial charge is 0.227 e. The van der Waals surface area contributed by atoms with Crippen LogP contribution in [0.1, 0.15) is 11.6 Å². The fourth-order valence-electron chi connectivity index (χ4n) is 2.35. The summed E-state index contributed by atoms with van der Waals surface area (Å²) in [7, 11) is 1.59. The van der Waals surface area contributed by atoms with Crippen molar-refractivity contribution in [3.05, 3.63) is 71.9 Å². The standard InChI is InChI=1S/C16H14FNO2/c1-20-13-9-7-12(8-10-13)18-15(14(17)16(18)19)11-5-3-2-4-6-11/h2-10,15,19H,1H3. The molecule has 20 heavy (non-hydrogen) atoms. The molecule has 2 aromatic rings. The highest BCUT2D eigenvalue weighted by Gasteiger charge is 2.40. The van der Waals surface area contributed by atoms with E-state index in [1.165, 1.54) is 0 Å². The Balaban J connectivity index is 1.96. The molecular formula is C16H14FNO2. The van der Waals surface area contributed by atoms with E-state index < -0.39 is 11.9 Å². The number of aliphatic hydroxyl groups excluding tert-OH is 1. The van der Waals surface area contributed by atoms with Crippen LogP contribution < -0.4 is 9.64 Å². The molecule has 1 N–H and O–H groups in total. The van der Waals surface area contributed by atoms with E-state index in [0.29, 0.717) is 0 Å². The molecule has 0 fully saturated rings. The molecule has 1 atom stereocenters. The maximum Gasteiger partial charge on any atom is 0.227 e. The van der Waals surface area contributed by atoms with E-state index in [1.54, 1.807) is 36.3 Å². The van der Waals surface area contributed by atoms with Crippen molar-refractivity contribution < 1.29 is 14.2 Å². The summed E-state index contributed by atoms with van der Waals surface area (Å²) in [5.74, 6) is -0.120. The molecule has 0 bridgehead atoms. The average Bonchev–Trinajstić information content (AvgIpc) is 2.52. The minimum Gasteiger partial charge on any atom is -0.497 e. The summed E-state index contributed by atoms with van der Waals surface area (Å²) in [6, 6.07) is 15.8. The van der Waals surface area contributed by atoms with Crippen LogP contribution in [0.3, 0.4) is 0 Å². The monoisotopic (exact) mass is 271 g/mol. The van der Waals surface area contributed by atoms with Gasteiger partial charge in [0.15, 0.2) is 5.83 Å². The van der Waals surface area contributed by atoms with Gasteiger partial charge < -0.3 is 9.84 Å². The third-order valence-corrected chi connectivity index (χ3v) is 3.41. The van der Waals surface area contributed by atoms with Crippen LogP contribution in [0.4, 0.5) is 10.1 Å². The summed E-state index contributed by atoms with van der Waals surface area (Å²) in [6.07, 6.45) is 0. The van der Waals surface area contributed by atoms with Gasteiger partial charge in [0.1, 0.15) is 11.8 Å². The Labute approximate surface area is 116 Å². The quantitative estimate of drug-likeness (QED) is 0.917. The van der Waals surface area contributed by atoms with Crippen molar-refractivity contribution in [3.63, 3.8) is 0 Å². The Morgan fingerprint density at radius 3 is 2.30 bits per heavy atom. The number of hydrogen-bond acceptors (Lipinski definition) is 3. The second kappa shape index (κ2) is 4.89. The van der Waals surface area contributed by atoms with E-state index in [2.05, 4.69) is 0 Å². The zero-order chi connectivity index (χ0) is 14.1. The molecule has 3 nitrogen and oxygen atoms in total. The lowest BCUT2D eigenvalue weighted by molar-refractivity contribution is 0.290. The van der Waals surface area contributed by atoms with Crippen LogP contribution in [0.25, 0.3) is 0 Å². The van der Waals surface area contributed by atoms with Crippen molar-refractivity contribution in [1.82, 2.24) is 0 Å². The fraction of sp³-hybridized carbons (Fsp3) is 0.125. The van der Waals surface area contributed by atoms with Gasteiger partial charge >= 0.3 is 0 Å². The number of hydrogen-bond donors (Lipinski definition) is 1. The predicted molar refractivity (Wildman–Crippen MR) is 75.4 cm³/mol. The van der Waals surface area contributed by atoms with E-state index >= 15 is 0 Å². The molecule has 0 saturated carbocycles. The fourth-order valence-corrected chi connectivity index (χ4v) is 2.35. The first-order valence-corrected chi connectivity index (χ1v) is 6.29. The van der Waals surface area contributed by atoms with Crippen molar-refractivity contribution in [2.75, 3.05) is 12.0 Å². The van der Waals surface area contributed by atoms with Gasteiger partial charge in [0.05, 0.1) is 7.11 Å². The maximum atomic E-state index is 13.9. The van der Waals surface area contributed by atoms with Crippen LogP contribution >= 0.6 is 0 Å². The molecular weight excluding hydrogens is 257 g/mol. The van der Waals surface area contributed by atoms with Gasteiger partial charge in [0, 0.05) is 5.69 Å². The normalized spacial score (nSPS) is 17.9. The van der Waals surface area contributed by atoms with Gasteiger partial charge in [-0.2, -0.15) is 0 Å². The Kier molecular flexibility index (Phi) is 3.06. The SMILES string of the molecule is COc1ccc(N2C(O)=C(F)C2c2ccccc2)cc1. The molecule has 0 aromatic heterocycles. The molecule has 1 aliphatic rings. The number of nitrogens with zero attached hydrogens (tertiary/aromatic N) is 1. The molecule has 0 amide bonds. The van der Waals surface area contributed by atoms with Crippen LogP contribution in [0.5, 0.6) is 5.75 Å². The maximum absolute atomic E-state index is 13.9. The highest BCUT2D eigenvalue weighted by Crippen LogP contribution is 2.45. The van der Waals surface area contributed by atoms with Crippen molar-refractivity contribution in [3.8, 4) is 5.75 Å². The van der Waals surface area contributed by atoms with Crippen molar-refractivity contribution >= 4 is 5.69 Å². The average molecular weight is 271 g/mol. The van der Waals surface area contributed by atoms with Crippen LogP contribution in [0, 0.1) is 0 Å². The summed E-state index contributed by atoms with van der Waals surface area (Å²) >= 11 is 0. The highest BCUT2D eigenvalue weighted by molar-refractivity contribution is 5.62. The third-order valence-electron chi connectivity index (χ3n) is 3.41. The minimum absolute atomic E-state index is 0.330. The first-order chi connectivity index (χ1) is 9.72. The lowest BCUT2D eigenvalue weighted by atomic mass is 9.97. The Morgan fingerprint density at radius 1 is 1.05 bits per heavy atom. The second-order valence-electron chi connectivity index (χ2n) is 4.55. The summed E-state index contributed by atoms with van der Waals surface area (Å²) in [5.41, 5.74) is 1.53. The van der Waals surface area contributed by atoms with E-state index in [4.69, 9.17) is 4.74 Å². The molecule has 1 aliphatic heterocycles. The lowest BCUT2D eigenvalue weighted by Gasteiger charge is -2.39. The predicted octanol–water partition coefficient (Wildman–Crippen LogP) is 3.95. The molecule has 102 valence electrons. The number of methoxy groups -OCH3 is 1. The minimum atomic E-state index is -0.565. The molecule has 0 spiro atoms. The summed E-state index contributed by atoms with van der Waals surface area (Å²) in [4.78, 5) is 1.56. The van der Waals surface area contributed by atoms with Crippen molar-refractivity contribution in [1.29, 1.82) is 0 Å². The Morgan fingerprint density at radius 2 is 1.70 bits per heavy atom. The van der Waals surface area contributed by atoms with E-state index in [-0.39, 0.29) is 5.88 Å². The molecule has 0 aliphatic carbocycles. The molecule has 1 unspecified atom stereocenters. The molecule has 4 heteroatoms. The zero-order valence-corrected chi connectivity index (χ0v) is 11.0. The van der Waals surface area contributed by atoms with Crippen molar-refractivity contribution in [2.24, 2.45) is 0 Å². The lowest BCUT2D eigenvalue weighted by Crippen LogP contribution is -2.38. The van der Waals surface area contributed by atoms with E-state index in [0.717, 1.165) is 17.0 Å². The first-order valence-electron chi connectivity index (χ1n) is 6.29. The highest BCUT2D eigenvalue weighted by atomic mass is 19.1.